The van der Waals surface area contributed by atoms with Crippen molar-refractivity contribution in [1.82, 2.24) is 0 Å². The molecule has 13 heavy (non-hydrogen) atoms. The van der Waals surface area contributed by atoms with Crippen LogP contribution >= 0.6 is 0 Å². The van der Waals surface area contributed by atoms with E-state index in [1.807, 2.05) is 6.92 Å². The Morgan fingerprint density at radius 1 is 1.23 bits per heavy atom. The maximum Gasteiger partial charge on any atom is 0.0266 e. The zero-order valence-corrected chi connectivity index (χ0v) is 8.16. The van der Waals surface area contributed by atoms with E-state index in [9.17, 15) is 0 Å². The van der Waals surface area contributed by atoms with Crippen LogP contribution < -0.4 is 5.73 Å². The van der Waals surface area contributed by atoms with Crippen LogP contribution in [0, 0.1) is 0 Å². The van der Waals surface area contributed by atoms with Crippen molar-refractivity contribution in [3.63, 3.8) is 0 Å². The molecular weight excluding hydrogens is 158 g/mol. The largest absolute Gasteiger partial charge is 0.324 e. The second kappa shape index (κ2) is 3.51. The van der Waals surface area contributed by atoms with Crippen LogP contribution in [-0.4, -0.2) is 0 Å². The molecule has 1 unspecified atom stereocenters. The molecule has 0 aromatic heterocycles. The van der Waals surface area contributed by atoms with E-state index in [2.05, 4.69) is 24.3 Å². The fourth-order valence-electron chi connectivity index (χ4n) is 1.81. The molecule has 0 radical (unpaired) electrons. The molecule has 70 valence electrons. The molecule has 1 aromatic rings. The second-order valence-electron chi connectivity index (χ2n) is 4.08. The van der Waals surface area contributed by atoms with Crippen LogP contribution in [0.4, 0.5) is 0 Å². The van der Waals surface area contributed by atoms with Gasteiger partial charge in [-0.3, -0.25) is 0 Å². The van der Waals surface area contributed by atoms with Crippen molar-refractivity contribution in [1.29, 1.82) is 0 Å². The van der Waals surface area contributed by atoms with Crippen LogP contribution in [0.3, 0.4) is 0 Å². The minimum absolute atomic E-state index is 0.162. The Bertz CT molecular complexity index is 270. The zero-order valence-electron chi connectivity index (χ0n) is 8.16. The normalized spacial score (nSPS) is 19.5. The molecule has 0 bridgehead atoms. The van der Waals surface area contributed by atoms with Gasteiger partial charge in [-0.15, -0.1) is 0 Å². The molecule has 0 saturated heterocycles. The smallest absolute Gasteiger partial charge is 0.0266 e. The molecule has 1 fully saturated rings. The van der Waals surface area contributed by atoms with Crippen LogP contribution in [0.5, 0.6) is 0 Å². The van der Waals surface area contributed by atoms with Crippen molar-refractivity contribution in [3.8, 4) is 0 Å². The van der Waals surface area contributed by atoms with Crippen LogP contribution in [0.1, 0.15) is 49.3 Å². The molecule has 1 aromatic carbocycles. The van der Waals surface area contributed by atoms with Gasteiger partial charge in [-0.1, -0.05) is 30.7 Å². The molecule has 0 heterocycles. The molecule has 1 saturated carbocycles. The second-order valence-corrected chi connectivity index (χ2v) is 4.08. The molecule has 0 aliphatic heterocycles. The average Bonchev–Trinajstić information content (AvgIpc) is 2.02. The summed E-state index contributed by atoms with van der Waals surface area (Å²) in [7, 11) is 0. The summed E-state index contributed by atoms with van der Waals surface area (Å²) in [5, 5.41) is 0. The van der Waals surface area contributed by atoms with Gasteiger partial charge in [0.25, 0.3) is 0 Å². The van der Waals surface area contributed by atoms with Crippen molar-refractivity contribution in [2.45, 2.75) is 38.1 Å². The highest BCUT2D eigenvalue weighted by Gasteiger charge is 2.18. The van der Waals surface area contributed by atoms with E-state index in [1.54, 1.807) is 0 Å². The molecule has 1 heteroatoms. The summed E-state index contributed by atoms with van der Waals surface area (Å²) >= 11 is 0. The maximum atomic E-state index is 5.79. The average molecular weight is 175 g/mol. The van der Waals surface area contributed by atoms with Crippen molar-refractivity contribution in [2.75, 3.05) is 0 Å². The molecule has 2 rings (SSSR count). The van der Waals surface area contributed by atoms with Gasteiger partial charge in [0.15, 0.2) is 0 Å². The third-order valence-corrected chi connectivity index (χ3v) is 3.04. The Labute approximate surface area is 80.0 Å². The van der Waals surface area contributed by atoms with Gasteiger partial charge in [0.1, 0.15) is 0 Å². The lowest BCUT2D eigenvalue weighted by molar-refractivity contribution is 0.419. The summed E-state index contributed by atoms with van der Waals surface area (Å²) in [6.45, 7) is 2.03. The van der Waals surface area contributed by atoms with Gasteiger partial charge in [0.05, 0.1) is 0 Å². The first-order valence-corrected chi connectivity index (χ1v) is 5.13. The molecule has 2 N–H and O–H groups in total. The fraction of sp³-hybridized carbons (Fsp3) is 0.500. The summed E-state index contributed by atoms with van der Waals surface area (Å²) in [4.78, 5) is 0. The van der Waals surface area contributed by atoms with Crippen molar-refractivity contribution < 1.29 is 0 Å². The van der Waals surface area contributed by atoms with E-state index in [0.29, 0.717) is 0 Å². The third-order valence-electron chi connectivity index (χ3n) is 3.04. The van der Waals surface area contributed by atoms with Crippen molar-refractivity contribution in [3.05, 3.63) is 35.4 Å². The molecule has 1 atom stereocenters. The summed E-state index contributed by atoms with van der Waals surface area (Å²) < 4.78 is 0. The standard InChI is InChI=1S/C12H17N/c1-9(13)10-5-7-12(8-6-10)11-3-2-4-11/h5-9,11H,2-4,13H2,1H3. The lowest BCUT2D eigenvalue weighted by Crippen LogP contribution is -2.09. The summed E-state index contributed by atoms with van der Waals surface area (Å²) in [6, 6.07) is 8.97. The van der Waals surface area contributed by atoms with Gasteiger partial charge in [0, 0.05) is 6.04 Å². The van der Waals surface area contributed by atoms with Crippen molar-refractivity contribution in [2.24, 2.45) is 5.73 Å². The van der Waals surface area contributed by atoms with Gasteiger partial charge in [0.2, 0.25) is 0 Å². The number of rotatable bonds is 2. The number of hydrogen-bond acceptors (Lipinski definition) is 1. The minimum Gasteiger partial charge on any atom is -0.324 e. The minimum atomic E-state index is 0.162. The van der Waals surface area contributed by atoms with Gasteiger partial charge >= 0.3 is 0 Å². The highest BCUT2D eigenvalue weighted by Crippen LogP contribution is 2.36. The zero-order chi connectivity index (χ0) is 9.26. The first kappa shape index (κ1) is 8.76. The highest BCUT2D eigenvalue weighted by atomic mass is 14.6. The summed E-state index contributed by atoms with van der Waals surface area (Å²) in [5.74, 6) is 0.835. The maximum absolute atomic E-state index is 5.79. The van der Waals surface area contributed by atoms with Gasteiger partial charge < -0.3 is 5.73 Å². The van der Waals surface area contributed by atoms with E-state index in [-0.39, 0.29) is 6.04 Å². The molecule has 1 aliphatic rings. The van der Waals surface area contributed by atoms with E-state index >= 15 is 0 Å². The monoisotopic (exact) mass is 175 g/mol. The van der Waals surface area contributed by atoms with E-state index in [0.717, 1.165) is 5.92 Å². The number of hydrogen-bond donors (Lipinski definition) is 1. The molecule has 1 aliphatic carbocycles. The van der Waals surface area contributed by atoms with Gasteiger partial charge in [-0.05, 0) is 36.8 Å². The Kier molecular flexibility index (Phi) is 2.36. The van der Waals surface area contributed by atoms with E-state index in [1.165, 1.54) is 30.4 Å². The lowest BCUT2D eigenvalue weighted by Gasteiger charge is -2.26. The highest BCUT2D eigenvalue weighted by molar-refractivity contribution is 5.27. The number of benzene rings is 1. The summed E-state index contributed by atoms with van der Waals surface area (Å²) in [6.07, 6.45) is 4.15. The third kappa shape index (κ3) is 1.75. The SMILES string of the molecule is CC(N)c1ccc(C2CCC2)cc1. The Balaban J connectivity index is 2.13. The van der Waals surface area contributed by atoms with Crippen molar-refractivity contribution >= 4 is 0 Å². The van der Waals surface area contributed by atoms with Gasteiger partial charge in [-0.2, -0.15) is 0 Å². The van der Waals surface area contributed by atoms with Crippen LogP contribution in [0.2, 0.25) is 0 Å². The predicted octanol–water partition coefficient (Wildman–Crippen LogP) is 2.97. The van der Waals surface area contributed by atoms with Crippen LogP contribution in [0.25, 0.3) is 0 Å². The Morgan fingerprint density at radius 2 is 1.85 bits per heavy atom. The van der Waals surface area contributed by atoms with E-state index < -0.39 is 0 Å². The van der Waals surface area contributed by atoms with Crippen LogP contribution in [0.15, 0.2) is 24.3 Å². The molecule has 0 amide bonds. The van der Waals surface area contributed by atoms with E-state index in [4.69, 9.17) is 5.73 Å². The first-order chi connectivity index (χ1) is 6.27. The lowest BCUT2D eigenvalue weighted by atomic mass is 9.80. The Hall–Kier alpha value is -0.820. The fourth-order valence-corrected chi connectivity index (χ4v) is 1.81. The first-order valence-electron chi connectivity index (χ1n) is 5.13. The Morgan fingerprint density at radius 3 is 2.23 bits per heavy atom. The summed E-state index contributed by atoms with van der Waals surface area (Å²) in [5.41, 5.74) is 8.52. The topological polar surface area (TPSA) is 26.0 Å². The predicted molar refractivity (Wildman–Crippen MR) is 55.6 cm³/mol. The molecule has 1 nitrogen and oxygen atoms in total. The van der Waals surface area contributed by atoms with Gasteiger partial charge in [-0.25, -0.2) is 0 Å². The quantitative estimate of drug-likeness (QED) is 0.734. The molecular formula is C12H17N. The molecule has 0 spiro atoms. The number of nitrogens with two attached hydrogens (primary N) is 1. The van der Waals surface area contributed by atoms with Crippen LogP contribution in [-0.2, 0) is 0 Å².